The van der Waals surface area contributed by atoms with Gasteiger partial charge in [-0.05, 0) is 0 Å². The Morgan fingerprint density at radius 3 is 2.78 bits per heavy atom. The molecule has 1 heterocycles. The quantitative estimate of drug-likeness (QED) is 0.467. The van der Waals surface area contributed by atoms with E-state index in [1.807, 2.05) is 30.6 Å². The van der Waals surface area contributed by atoms with Crippen LogP contribution in [0.5, 0.6) is 0 Å². The average Bonchev–Trinajstić information content (AvgIpc) is 2.80. The van der Waals surface area contributed by atoms with Crippen LogP contribution in [0.4, 0.5) is 0 Å². The molecule has 18 heavy (non-hydrogen) atoms. The Balaban J connectivity index is 2.15. The molecule has 0 bridgehead atoms. The molecule has 0 fully saturated rings. The van der Waals surface area contributed by atoms with Gasteiger partial charge in [0.05, 0.1) is 0 Å². The first-order chi connectivity index (χ1) is 8.78. The molecule has 0 aliphatic rings. The SMILES string of the molecule is O=Cc1cccc(-c2ccc3c(c2)nc[n]3[Tl])c1. The van der Waals surface area contributed by atoms with E-state index in [0.717, 1.165) is 49.0 Å². The Morgan fingerprint density at radius 1 is 1.11 bits per heavy atom. The van der Waals surface area contributed by atoms with Crippen molar-refractivity contribution in [3.05, 3.63) is 54.4 Å². The van der Waals surface area contributed by atoms with Crippen LogP contribution < -0.4 is 0 Å². The summed E-state index contributed by atoms with van der Waals surface area (Å²) in [7, 11) is 0. The summed E-state index contributed by atoms with van der Waals surface area (Å²) in [4.78, 5) is 15.2. The van der Waals surface area contributed by atoms with Crippen molar-refractivity contribution >= 4 is 43.4 Å². The van der Waals surface area contributed by atoms with E-state index in [1.165, 1.54) is 5.52 Å². The van der Waals surface area contributed by atoms with Crippen LogP contribution in [0.15, 0.2) is 48.8 Å². The Kier molecular flexibility index (Phi) is 2.99. The number of fused-ring (bicyclic) bond motifs is 1. The second-order valence-corrected chi connectivity index (χ2v) is 6.26. The fourth-order valence-corrected chi connectivity index (χ4v) is 3.11. The van der Waals surface area contributed by atoms with Gasteiger partial charge in [-0.25, -0.2) is 0 Å². The molecular formula is C14H9N2OTl. The molecule has 0 radical (unpaired) electrons. The van der Waals surface area contributed by atoms with Crippen molar-refractivity contribution in [2.45, 2.75) is 0 Å². The van der Waals surface area contributed by atoms with Crippen LogP contribution in [0.1, 0.15) is 10.4 Å². The summed E-state index contributed by atoms with van der Waals surface area (Å²) in [5, 5.41) is 0. The van der Waals surface area contributed by atoms with Gasteiger partial charge in [-0.1, -0.05) is 0 Å². The molecule has 0 saturated carbocycles. The number of carbonyl (C=O) groups is 1. The molecule has 1 aromatic heterocycles. The Hall–Kier alpha value is -1.50. The second kappa shape index (κ2) is 4.64. The van der Waals surface area contributed by atoms with E-state index in [0.29, 0.717) is 5.56 Å². The molecule has 84 valence electrons. The molecule has 0 atom stereocenters. The molecular weight excluding hydrogens is 417 g/mol. The first kappa shape index (κ1) is 11.6. The van der Waals surface area contributed by atoms with E-state index in [-0.39, 0.29) is 0 Å². The standard InChI is InChI=1S/C14H9N2O.Tl/c17-8-10-2-1-3-11(6-10)12-4-5-13-14(7-12)16-9-15-13;/h1-9H;/q-1;+1. The van der Waals surface area contributed by atoms with E-state index in [9.17, 15) is 4.79 Å². The number of carbonyl (C=O) groups excluding carboxylic acids is 1. The van der Waals surface area contributed by atoms with Crippen LogP contribution in [0.2, 0.25) is 0 Å². The number of hydrogen-bond acceptors (Lipinski definition) is 2. The van der Waals surface area contributed by atoms with E-state index in [2.05, 4.69) is 25.6 Å². The molecule has 0 aliphatic heterocycles. The van der Waals surface area contributed by atoms with E-state index >= 15 is 0 Å². The summed E-state index contributed by atoms with van der Waals surface area (Å²) in [6.07, 6.45) is 2.75. The minimum atomic E-state index is 0.697. The molecule has 3 rings (SSSR count). The van der Waals surface area contributed by atoms with Gasteiger partial charge in [-0.2, -0.15) is 0 Å². The molecule has 0 saturated heterocycles. The molecule has 0 amide bonds. The summed E-state index contributed by atoms with van der Waals surface area (Å²) in [5.41, 5.74) is 5.02. The van der Waals surface area contributed by atoms with Crippen molar-refractivity contribution < 1.29 is 4.79 Å². The van der Waals surface area contributed by atoms with Crippen LogP contribution in [0, 0.1) is 0 Å². The van der Waals surface area contributed by atoms with E-state index in [4.69, 9.17) is 0 Å². The van der Waals surface area contributed by atoms with Gasteiger partial charge < -0.3 is 0 Å². The third-order valence-corrected chi connectivity index (χ3v) is 4.53. The number of aldehydes is 1. The first-order valence-corrected chi connectivity index (χ1v) is 7.56. The normalized spacial score (nSPS) is 10.6. The van der Waals surface area contributed by atoms with Crippen LogP contribution in [0.25, 0.3) is 22.2 Å². The predicted molar refractivity (Wildman–Crippen MR) is 71.7 cm³/mol. The van der Waals surface area contributed by atoms with Crippen LogP contribution >= 0.6 is 0 Å². The van der Waals surface area contributed by atoms with E-state index in [1.54, 1.807) is 0 Å². The van der Waals surface area contributed by atoms with Gasteiger partial charge in [0, 0.05) is 0 Å². The fourth-order valence-electron chi connectivity index (χ4n) is 2.00. The van der Waals surface area contributed by atoms with Crippen molar-refractivity contribution in [2.24, 2.45) is 0 Å². The molecule has 3 aromatic rings. The zero-order chi connectivity index (χ0) is 12.5. The molecule has 0 spiro atoms. The zero-order valence-electron chi connectivity index (χ0n) is 9.58. The van der Waals surface area contributed by atoms with Crippen molar-refractivity contribution in [2.75, 3.05) is 0 Å². The predicted octanol–water partition coefficient (Wildman–Crippen LogP) is 2.45. The summed E-state index contributed by atoms with van der Waals surface area (Å²) < 4.78 is 2.15. The molecule has 0 aliphatic carbocycles. The van der Waals surface area contributed by atoms with Crippen LogP contribution in [-0.2, 0) is 0 Å². The van der Waals surface area contributed by atoms with Gasteiger partial charge in [-0.15, -0.1) is 0 Å². The third kappa shape index (κ3) is 1.98. The van der Waals surface area contributed by atoms with E-state index < -0.39 is 0 Å². The Labute approximate surface area is 121 Å². The van der Waals surface area contributed by atoms with Gasteiger partial charge in [0.1, 0.15) is 0 Å². The third-order valence-electron chi connectivity index (χ3n) is 2.93. The number of aromatic nitrogens is 2. The van der Waals surface area contributed by atoms with Gasteiger partial charge in [0.15, 0.2) is 0 Å². The second-order valence-electron chi connectivity index (χ2n) is 4.10. The molecule has 0 N–H and O–H groups in total. The monoisotopic (exact) mass is 426 g/mol. The van der Waals surface area contributed by atoms with Crippen molar-refractivity contribution in [3.8, 4) is 11.1 Å². The van der Waals surface area contributed by atoms with Crippen LogP contribution in [-0.4, -0.2) is 39.7 Å². The van der Waals surface area contributed by atoms with Crippen molar-refractivity contribution in [1.29, 1.82) is 0 Å². The Bertz CT molecular complexity index is 733. The number of rotatable bonds is 2. The molecule has 4 heteroatoms. The fraction of sp³-hybridized carbons (Fsp3) is 0. The van der Waals surface area contributed by atoms with Gasteiger partial charge in [-0.3, -0.25) is 0 Å². The number of imidazole rings is 1. The molecule has 2 aromatic carbocycles. The van der Waals surface area contributed by atoms with Gasteiger partial charge >= 0.3 is 121 Å². The Morgan fingerprint density at radius 2 is 1.94 bits per heavy atom. The molecule has 0 unspecified atom stereocenters. The van der Waals surface area contributed by atoms with Crippen molar-refractivity contribution in [3.63, 3.8) is 0 Å². The summed E-state index contributed by atoms with van der Waals surface area (Å²) in [6, 6.07) is 13.8. The topological polar surface area (TPSA) is 34.9 Å². The number of benzene rings is 2. The number of nitrogens with zero attached hydrogens (tertiary/aromatic N) is 2. The molecule has 3 nitrogen and oxygen atoms in total. The summed E-state index contributed by atoms with van der Waals surface area (Å²) in [6.45, 7) is 0. The maximum absolute atomic E-state index is 10.8. The number of hydrogen-bond donors (Lipinski definition) is 0. The zero-order valence-corrected chi connectivity index (χ0v) is 14.1. The summed E-state index contributed by atoms with van der Waals surface area (Å²) in [5.74, 6) is 0. The van der Waals surface area contributed by atoms with Gasteiger partial charge in [0.25, 0.3) is 0 Å². The minimum absolute atomic E-state index is 0.697. The van der Waals surface area contributed by atoms with Crippen LogP contribution in [0.3, 0.4) is 0 Å². The first-order valence-electron chi connectivity index (χ1n) is 5.56. The van der Waals surface area contributed by atoms with Crippen molar-refractivity contribution in [1.82, 2.24) is 7.36 Å². The average molecular weight is 426 g/mol. The van der Waals surface area contributed by atoms with Gasteiger partial charge in [0.2, 0.25) is 0 Å². The maximum atomic E-state index is 10.8. The summed E-state index contributed by atoms with van der Waals surface area (Å²) >= 11 is 0.726.